The number of thiophene rings is 1. The number of hydrogen-bond acceptors (Lipinski definition) is 5. The van der Waals surface area contributed by atoms with Crippen LogP contribution in [0.3, 0.4) is 0 Å². The lowest BCUT2D eigenvalue weighted by Crippen LogP contribution is -2.22. The molecule has 0 spiro atoms. The van der Waals surface area contributed by atoms with Crippen molar-refractivity contribution in [2.24, 2.45) is 5.10 Å². The minimum Gasteiger partial charge on any atom is -0.266 e. The summed E-state index contributed by atoms with van der Waals surface area (Å²) in [5.41, 5.74) is 3.80. The smallest absolute Gasteiger partial charge is 0.266 e. The predicted octanol–water partition coefficient (Wildman–Crippen LogP) is 2.15. The number of hydrogen-bond donors (Lipinski definition) is 1. The lowest BCUT2D eigenvalue weighted by atomic mass is 10.1. The van der Waals surface area contributed by atoms with E-state index in [-0.39, 0.29) is 10.8 Å². The summed E-state index contributed by atoms with van der Waals surface area (Å²) in [4.78, 5) is 12.6. The third-order valence-electron chi connectivity index (χ3n) is 3.12. The number of sulfonamides is 1. The molecule has 0 saturated heterocycles. The Bertz CT molecular complexity index is 808. The van der Waals surface area contributed by atoms with Crippen molar-refractivity contribution in [3.63, 3.8) is 0 Å². The molecule has 6 nitrogen and oxygen atoms in total. The van der Waals surface area contributed by atoms with Gasteiger partial charge < -0.3 is 0 Å². The molecule has 122 valence electrons. The Morgan fingerprint density at radius 1 is 1.17 bits per heavy atom. The molecule has 0 bridgehead atoms. The maximum atomic E-state index is 12.0. The van der Waals surface area contributed by atoms with Gasteiger partial charge in [0.25, 0.3) is 5.91 Å². The van der Waals surface area contributed by atoms with Gasteiger partial charge in [-0.1, -0.05) is 18.2 Å². The Balaban J connectivity index is 2.13. The second kappa shape index (κ2) is 7.03. The van der Waals surface area contributed by atoms with Crippen molar-refractivity contribution in [2.75, 3.05) is 14.1 Å². The summed E-state index contributed by atoms with van der Waals surface area (Å²) in [5.74, 6) is -0.272. The van der Waals surface area contributed by atoms with Crippen LogP contribution in [0.25, 0.3) is 0 Å². The second-order valence-corrected chi connectivity index (χ2v) is 8.03. The molecule has 0 unspecified atom stereocenters. The Hall–Kier alpha value is -2.03. The van der Waals surface area contributed by atoms with Gasteiger partial charge in [0.1, 0.15) is 0 Å². The molecule has 0 atom stereocenters. The molecule has 1 aromatic carbocycles. The van der Waals surface area contributed by atoms with Gasteiger partial charge in [0.2, 0.25) is 10.0 Å². The van der Waals surface area contributed by atoms with E-state index in [0.717, 1.165) is 9.87 Å². The number of carbonyl (C=O) groups is 1. The normalized spacial score (nSPS) is 12.4. The van der Waals surface area contributed by atoms with E-state index in [1.54, 1.807) is 31.2 Å². The molecule has 0 aliphatic rings. The molecule has 8 heteroatoms. The predicted molar refractivity (Wildman–Crippen MR) is 91.3 cm³/mol. The lowest BCUT2D eigenvalue weighted by molar-refractivity contribution is 0.0959. The van der Waals surface area contributed by atoms with Crippen LogP contribution in [-0.4, -0.2) is 38.4 Å². The Morgan fingerprint density at radius 3 is 2.35 bits per heavy atom. The fourth-order valence-electron chi connectivity index (χ4n) is 1.74. The minimum atomic E-state index is -3.45. The molecule has 0 aliphatic heterocycles. The van der Waals surface area contributed by atoms with Gasteiger partial charge in [-0.15, -0.1) is 11.3 Å². The van der Waals surface area contributed by atoms with Crippen LogP contribution in [0.15, 0.2) is 51.8 Å². The standard InChI is InChI=1S/C15H17N3O3S2/c1-11(16-17-15(19)14-5-4-10-22-14)12-6-8-13(9-7-12)23(20,21)18(2)3/h4-10H,1-3H3,(H,17,19)/b16-11-. The van der Waals surface area contributed by atoms with Gasteiger partial charge in [-0.25, -0.2) is 18.1 Å². The minimum absolute atomic E-state index is 0.210. The third-order valence-corrected chi connectivity index (χ3v) is 5.82. The Morgan fingerprint density at radius 2 is 1.83 bits per heavy atom. The van der Waals surface area contributed by atoms with Gasteiger partial charge in [0.05, 0.1) is 15.5 Å². The molecule has 0 saturated carbocycles. The van der Waals surface area contributed by atoms with Gasteiger partial charge >= 0.3 is 0 Å². The zero-order chi connectivity index (χ0) is 17.0. The van der Waals surface area contributed by atoms with Crippen molar-refractivity contribution in [3.8, 4) is 0 Å². The summed E-state index contributed by atoms with van der Waals surface area (Å²) in [6.45, 7) is 1.74. The first-order valence-electron chi connectivity index (χ1n) is 6.73. The van der Waals surface area contributed by atoms with E-state index in [2.05, 4.69) is 10.5 Å². The zero-order valence-corrected chi connectivity index (χ0v) is 14.6. The monoisotopic (exact) mass is 351 g/mol. The first kappa shape index (κ1) is 17.3. The largest absolute Gasteiger partial charge is 0.281 e. The highest BCUT2D eigenvalue weighted by molar-refractivity contribution is 7.89. The maximum Gasteiger partial charge on any atom is 0.281 e. The first-order valence-corrected chi connectivity index (χ1v) is 9.05. The van der Waals surface area contributed by atoms with Crippen molar-refractivity contribution in [1.82, 2.24) is 9.73 Å². The first-order chi connectivity index (χ1) is 10.8. The summed E-state index contributed by atoms with van der Waals surface area (Å²) < 4.78 is 25.2. The Kier molecular flexibility index (Phi) is 5.30. The van der Waals surface area contributed by atoms with Gasteiger partial charge in [-0.3, -0.25) is 4.79 Å². The van der Waals surface area contributed by atoms with E-state index in [4.69, 9.17) is 0 Å². The molecule has 0 fully saturated rings. The number of nitrogens with one attached hydrogen (secondary N) is 1. The van der Waals surface area contributed by atoms with Gasteiger partial charge in [-0.2, -0.15) is 5.10 Å². The van der Waals surface area contributed by atoms with Crippen molar-refractivity contribution >= 4 is 33.0 Å². The van der Waals surface area contributed by atoms with E-state index >= 15 is 0 Å². The SMILES string of the molecule is C/C(=N/NC(=O)c1cccs1)c1ccc(S(=O)(=O)N(C)C)cc1. The number of carbonyl (C=O) groups excluding carboxylic acids is 1. The van der Waals surface area contributed by atoms with Crippen molar-refractivity contribution in [3.05, 3.63) is 52.2 Å². The average molecular weight is 351 g/mol. The molecule has 1 amide bonds. The van der Waals surface area contributed by atoms with Crippen LogP contribution < -0.4 is 5.43 Å². The molecule has 0 aliphatic carbocycles. The van der Waals surface area contributed by atoms with Crippen LogP contribution in [0.2, 0.25) is 0 Å². The van der Waals surface area contributed by atoms with Crippen molar-refractivity contribution in [2.45, 2.75) is 11.8 Å². The zero-order valence-electron chi connectivity index (χ0n) is 13.0. The van der Waals surface area contributed by atoms with Gasteiger partial charge in [-0.05, 0) is 36.1 Å². The molecule has 23 heavy (non-hydrogen) atoms. The fraction of sp³-hybridized carbons (Fsp3) is 0.200. The molecule has 2 aromatic rings. The molecular formula is C15H17N3O3S2. The third kappa shape index (κ3) is 4.04. The number of amides is 1. The van der Waals surface area contributed by atoms with E-state index < -0.39 is 10.0 Å². The van der Waals surface area contributed by atoms with Gasteiger partial charge in [0, 0.05) is 14.1 Å². The summed E-state index contributed by atoms with van der Waals surface area (Å²) >= 11 is 1.33. The van der Waals surface area contributed by atoms with E-state index in [0.29, 0.717) is 10.6 Å². The number of hydrazone groups is 1. The molecule has 2 rings (SSSR count). The van der Waals surface area contributed by atoms with Crippen LogP contribution in [0.1, 0.15) is 22.2 Å². The highest BCUT2D eigenvalue weighted by Crippen LogP contribution is 2.14. The van der Waals surface area contributed by atoms with E-state index in [9.17, 15) is 13.2 Å². The summed E-state index contributed by atoms with van der Waals surface area (Å²) in [6, 6.07) is 9.86. The van der Waals surface area contributed by atoms with Crippen LogP contribution in [0.4, 0.5) is 0 Å². The molecule has 0 radical (unpaired) electrons. The highest BCUT2D eigenvalue weighted by atomic mass is 32.2. The number of rotatable bonds is 5. The van der Waals surface area contributed by atoms with Gasteiger partial charge in [0.15, 0.2) is 0 Å². The fourth-order valence-corrected chi connectivity index (χ4v) is 3.26. The average Bonchev–Trinajstić information content (AvgIpc) is 3.06. The van der Waals surface area contributed by atoms with Crippen molar-refractivity contribution in [1.29, 1.82) is 0 Å². The Labute approximate surface area is 139 Å². The van der Waals surface area contributed by atoms with Crippen LogP contribution in [-0.2, 0) is 10.0 Å². The topological polar surface area (TPSA) is 78.8 Å². The maximum absolute atomic E-state index is 12.0. The summed E-state index contributed by atoms with van der Waals surface area (Å²) in [6.07, 6.45) is 0. The second-order valence-electron chi connectivity index (χ2n) is 4.93. The molecular weight excluding hydrogens is 334 g/mol. The summed E-state index contributed by atoms with van der Waals surface area (Å²) in [5, 5.41) is 5.86. The van der Waals surface area contributed by atoms with E-state index in [1.807, 2.05) is 5.38 Å². The number of nitrogens with zero attached hydrogens (tertiary/aromatic N) is 2. The molecule has 1 heterocycles. The van der Waals surface area contributed by atoms with Crippen LogP contribution in [0, 0.1) is 0 Å². The summed E-state index contributed by atoms with van der Waals surface area (Å²) in [7, 11) is -0.485. The lowest BCUT2D eigenvalue weighted by Gasteiger charge is -2.11. The molecule has 1 N–H and O–H groups in total. The number of benzene rings is 1. The van der Waals surface area contributed by atoms with Crippen LogP contribution in [0.5, 0.6) is 0 Å². The molecule has 1 aromatic heterocycles. The van der Waals surface area contributed by atoms with Crippen molar-refractivity contribution < 1.29 is 13.2 Å². The van der Waals surface area contributed by atoms with E-state index in [1.165, 1.54) is 37.6 Å². The van der Waals surface area contributed by atoms with Crippen LogP contribution >= 0.6 is 11.3 Å². The quantitative estimate of drug-likeness (QED) is 0.662. The highest BCUT2D eigenvalue weighted by Gasteiger charge is 2.16.